The number of rotatable bonds is 7. The van der Waals surface area contributed by atoms with E-state index in [0.717, 1.165) is 81.8 Å². The number of nitrogens with one attached hydrogen (secondary N) is 1. The molecule has 4 aromatic rings. The fraction of sp³-hybridized carbons (Fsp3) is 0.265. The quantitative estimate of drug-likeness (QED) is 0.218. The molecule has 7 nitrogen and oxygen atoms in total. The Kier molecular flexibility index (Phi) is 7.90. The molecule has 210 valence electrons. The van der Waals surface area contributed by atoms with Gasteiger partial charge in [-0.05, 0) is 85.0 Å². The molecule has 0 radical (unpaired) electrons. The monoisotopic (exact) mass is 548 g/mol. The van der Waals surface area contributed by atoms with E-state index in [1.165, 1.54) is 0 Å². The molecular weight excluding hydrogens is 512 g/mol. The molecule has 0 atom stereocenters. The number of hydrogen-bond acceptors (Lipinski definition) is 5. The summed E-state index contributed by atoms with van der Waals surface area (Å²) < 4.78 is 7.33. The highest BCUT2D eigenvalue weighted by Crippen LogP contribution is 2.33. The van der Waals surface area contributed by atoms with E-state index in [9.17, 15) is 9.59 Å². The molecule has 0 saturated carbocycles. The Balaban J connectivity index is 1.43. The zero-order valence-electron chi connectivity index (χ0n) is 24.5. The van der Waals surface area contributed by atoms with Crippen LogP contribution in [0.1, 0.15) is 60.2 Å². The van der Waals surface area contributed by atoms with E-state index in [1.807, 2.05) is 61.9 Å². The van der Waals surface area contributed by atoms with Gasteiger partial charge in [-0.25, -0.2) is 4.98 Å². The van der Waals surface area contributed by atoms with Gasteiger partial charge < -0.3 is 19.5 Å². The highest BCUT2D eigenvalue weighted by Gasteiger charge is 2.24. The Morgan fingerprint density at radius 2 is 1.66 bits per heavy atom. The Morgan fingerprint density at radius 1 is 0.951 bits per heavy atom. The van der Waals surface area contributed by atoms with Gasteiger partial charge in [-0.2, -0.15) is 0 Å². The number of aromatic nitrogens is 2. The first-order valence-electron chi connectivity index (χ1n) is 13.8. The summed E-state index contributed by atoms with van der Waals surface area (Å²) >= 11 is 0. The predicted molar refractivity (Wildman–Crippen MR) is 165 cm³/mol. The number of hydrogen-bond donors (Lipinski definition) is 1. The minimum Gasteiger partial charge on any atom is -0.496 e. The Labute approximate surface area is 241 Å². The van der Waals surface area contributed by atoms with E-state index >= 15 is 0 Å². The van der Waals surface area contributed by atoms with E-state index in [1.54, 1.807) is 7.11 Å². The van der Waals surface area contributed by atoms with Crippen LogP contribution in [0.5, 0.6) is 5.75 Å². The molecule has 41 heavy (non-hydrogen) atoms. The number of carbonyl (C=O) groups is 2. The molecule has 0 spiro atoms. The zero-order chi connectivity index (χ0) is 29.3. The van der Waals surface area contributed by atoms with Gasteiger partial charge in [0.25, 0.3) is 5.91 Å². The number of fused-ring (bicyclic) bond motifs is 1. The third kappa shape index (κ3) is 5.45. The number of amides is 1. The third-order valence-electron chi connectivity index (χ3n) is 8.09. The predicted octanol–water partition coefficient (Wildman–Crippen LogP) is 6.24. The number of imidazole rings is 1. The fourth-order valence-corrected chi connectivity index (χ4v) is 5.58. The topological polar surface area (TPSA) is 76.5 Å². The molecule has 0 saturated heterocycles. The number of ether oxygens (including phenoxy) is 1. The first-order chi connectivity index (χ1) is 19.7. The van der Waals surface area contributed by atoms with Crippen molar-refractivity contribution in [2.24, 2.45) is 7.05 Å². The van der Waals surface area contributed by atoms with Gasteiger partial charge in [0.2, 0.25) is 0 Å². The molecule has 0 aliphatic carbocycles. The third-order valence-corrected chi connectivity index (χ3v) is 8.09. The van der Waals surface area contributed by atoms with Crippen molar-refractivity contribution in [2.45, 2.75) is 33.7 Å². The minimum atomic E-state index is -0.204. The highest BCUT2D eigenvalue weighted by atomic mass is 16.5. The summed E-state index contributed by atoms with van der Waals surface area (Å²) in [4.78, 5) is 31.6. The number of benzene rings is 3. The maximum Gasteiger partial charge on any atom is 0.291 e. The van der Waals surface area contributed by atoms with Crippen LogP contribution < -0.4 is 10.1 Å². The first-order valence-corrected chi connectivity index (χ1v) is 13.8. The van der Waals surface area contributed by atoms with Gasteiger partial charge in [-0.1, -0.05) is 42.5 Å². The summed E-state index contributed by atoms with van der Waals surface area (Å²) in [6.07, 6.45) is 5.83. The average Bonchev–Trinajstić information content (AvgIpc) is 3.29. The van der Waals surface area contributed by atoms with E-state index in [-0.39, 0.29) is 5.91 Å². The number of methoxy groups -OCH3 is 1. The van der Waals surface area contributed by atoms with Crippen LogP contribution in [0.2, 0.25) is 0 Å². The Morgan fingerprint density at radius 3 is 2.39 bits per heavy atom. The highest BCUT2D eigenvalue weighted by molar-refractivity contribution is 6.03. The Bertz CT molecular complexity index is 1680. The van der Waals surface area contributed by atoms with E-state index in [0.29, 0.717) is 17.1 Å². The van der Waals surface area contributed by atoms with Gasteiger partial charge in [0, 0.05) is 37.9 Å². The molecule has 0 fully saturated rings. The van der Waals surface area contributed by atoms with E-state index in [2.05, 4.69) is 53.4 Å². The van der Waals surface area contributed by atoms with Gasteiger partial charge in [0.05, 0.1) is 18.4 Å². The lowest BCUT2D eigenvalue weighted by Gasteiger charge is -2.21. The van der Waals surface area contributed by atoms with Crippen LogP contribution in [0, 0.1) is 20.8 Å². The molecule has 1 aliphatic heterocycles. The summed E-state index contributed by atoms with van der Waals surface area (Å²) in [6, 6.07) is 16.0. The number of anilines is 1. The van der Waals surface area contributed by atoms with Crippen molar-refractivity contribution < 1.29 is 14.3 Å². The molecule has 2 heterocycles. The smallest absolute Gasteiger partial charge is 0.291 e. The zero-order valence-corrected chi connectivity index (χ0v) is 24.5. The van der Waals surface area contributed by atoms with Crippen LogP contribution in [0.15, 0.2) is 48.5 Å². The maximum atomic E-state index is 13.3. The van der Waals surface area contributed by atoms with Crippen molar-refractivity contribution in [3.05, 3.63) is 99.1 Å². The van der Waals surface area contributed by atoms with Crippen LogP contribution >= 0.6 is 0 Å². The second-order valence-electron chi connectivity index (χ2n) is 10.7. The van der Waals surface area contributed by atoms with Crippen LogP contribution in [0.4, 0.5) is 5.69 Å². The van der Waals surface area contributed by atoms with Gasteiger partial charge in [0.1, 0.15) is 5.75 Å². The molecule has 0 bridgehead atoms. The number of carbonyl (C=O) groups excluding carboxylic acids is 2. The Hall–Kier alpha value is -4.49. The van der Waals surface area contributed by atoms with Crippen LogP contribution in [-0.4, -0.2) is 47.3 Å². The van der Waals surface area contributed by atoms with Crippen molar-refractivity contribution in [1.29, 1.82) is 0 Å². The van der Waals surface area contributed by atoms with Gasteiger partial charge in [-0.3, -0.25) is 9.59 Å². The van der Waals surface area contributed by atoms with Crippen LogP contribution in [-0.2, 0) is 20.0 Å². The van der Waals surface area contributed by atoms with Gasteiger partial charge in [-0.15, -0.1) is 0 Å². The van der Waals surface area contributed by atoms with E-state index < -0.39 is 0 Å². The number of aryl methyl sites for hydroxylation is 1. The van der Waals surface area contributed by atoms with Crippen LogP contribution in [0.3, 0.4) is 0 Å². The van der Waals surface area contributed by atoms with Gasteiger partial charge >= 0.3 is 0 Å². The summed E-state index contributed by atoms with van der Waals surface area (Å²) in [6.45, 7) is 7.85. The molecule has 7 heteroatoms. The SMILES string of the molecule is COc1cc(/C=C/c2cccc(-c3cccc(NC(=O)c4nc5c(n4C)CCN(C)C5)c3C)c2C)c(C)cc1C=O. The fourth-order valence-electron chi connectivity index (χ4n) is 5.58. The molecule has 3 aromatic carbocycles. The van der Waals surface area contributed by atoms with Crippen molar-refractivity contribution in [2.75, 3.05) is 26.0 Å². The molecule has 1 aromatic heterocycles. The normalized spacial score (nSPS) is 13.3. The summed E-state index contributed by atoms with van der Waals surface area (Å²) in [5.74, 6) is 0.791. The molecule has 0 unspecified atom stereocenters. The number of nitrogens with zero attached hydrogens (tertiary/aromatic N) is 3. The largest absolute Gasteiger partial charge is 0.496 e. The molecular formula is C34H36N4O3. The molecule has 1 N–H and O–H groups in total. The standard InChI is InChI=1S/C34H36N4O3/c1-21-17-26(20-39)32(41-6)18-25(21)14-13-24-9-7-10-27(22(24)2)28-11-8-12-29(23(28)3)36-34(40)33-35-30-19-37(4)16-15-31(30)38(33)5/h7-14,17-18,20H,15-16,19H2,1-6H3,(H,36,40)/b14-13+. The number of aldehydes is 1. The van der Waals surface area contributed by atoms with Crippen molar-refractivity contribution >= 4 is 30.0 Å². The first kappa shape index (κ1) is 28.1. The second-order valence-corrected chi connectivity index (χ2v) is 10.7. The van der Waals surface area contributed by atoms with Crippen LogP contribution in [0.25, 0.3) is 23.3 Å². The van der Waals surface area contributed by atoms with Crippen molar-refractivity contribution in [3.63, 3.8) is 0 Å². The lowest BCUT2D eigenvalue weighted by molar-refractivity contribution is 0.101. The summed E-state index contributed by atoms with van der Waals surface area (Å²) in [5, 5.41) is 3.12. The number of likely N-dealkylation sites (N-methyl/N-ethyl adjacent to an activating group) is 1. The van der Waals surface area contributed by atoms with Crippen molar-refractivity contribution in [1.82, 2.24) is 14.5 Å². The summed E-state index contributed by atoms with van der Waals surface area (Å²) in [5.41, 5.74) is 10.8. The van der Waals surface area contributed by atoms with E-state index in [4.69, 9.17) is 4.74 Å². The lowest BCUT2D eigenvalue weighted by Crippen LogP contribution is -2.27. The minimum absolute atomic E-state index is 0.204. The molecule has 1 amide bonds. The molecule has 1 aliphatic rings. The maximum absolute atomic E-state index is 13.3. The van der Waals surface area contributed by atoms with Crippen molar-refractivity contribution in [3.8, 4) is 16.9 Å². The average molecular weight is 549 g/mol. The molecule has 5 rings (SSSR count). The second kappa shape index (κ2) is 11.6. The van der Waals surface area contributed by atoms with Gasteiger partial charge in [0.15, 0.2) is 12.1 Å². The lowest BCUT2D eigenvalue weighted by atomic mass is 9.92. The summed E-state index contributed by atoms with van der Waals surface area (Å²) in [7, 11) is 5.56.